The van der Waals surface area contributed by atoms with Crippen molar-refractivity contribution in [1.82, 2.24) is 9.80 Å². The molecule has 1 rings (SSSR count). The summed E-state index contributed by atoms with van der Waals surface area (Å²) in [5.74, 6) is 0.130. The van der Waals surface area contributed by atoms with Gasteiger partial charge in [0, 0.05) is 20.1 Å². The van der Waals surface area contributed by atoms with E-state index < -0.39 is 6.09 Å². The number of nitrogens with zero attached hydrogens (tertiary/aromatic N) is 2. The molecule has 1 aliphatic rings. The Morgan fingerprint density at radius 2 is 2.21 bits per heavy atom. The lowest BCUT2D eigenvalue weighted by Crippen LogP contribution is -2.37. The summed E-state index contributed by atoms with van der Waals surface area (Å²) in [6.45, 7) is 3.11. The Morgan fingerprint density at radius 3 is 2.71 bits per heavy atom. The fourth-order valence-electron chi connectivity index (χ4n) is 1.61. The second-order valence-electron chi connectivity index (χ2n) is 3.71. The fourth-order valence-corrected chi connectivity index (χ4v) is 1.61. The van der Waals surface area contributed by atoms with E-state index >= 15 is 0 Å². The van der Waals surface area contributed by atoms with E-state index in [9.17, 15) is 9.59 Å². The second kappa shape index (κ2) is 4.30. The molecule has 1 fully saturated rings. The molecule has 0 spiro atoms. The summed E-state index contributed by atoms with van der Waals surface area (Å²) in [4.78, 5) is 25.0. The Labute approximate surface area is 83.3 Å². The van der Waals surface area contributed by atoms with Crippen molar-refractivity contribution in [3.63, 3.8) is 0 Å². The molecule has 1 aliphatic heterocycles. The monoisotopic (exact) mass is 200 g/mol. The van der Waals surface area contributed by atoms with E-state index in [0.29, 0.717) is 13.1 Å². The molecule has 80 valence electrons. The molecule has 1 atom stereocenters. The number of likely N-dealkylation sites (N-methyl/N-ethyl adjacent to an activating group) is 1. The fraction of sp³-hybridized carbons (Fsp3) is 0.778. The molecular formula is C9H16N2O3. The van der Waals surface area contributed by atoms with Gasteiger partial charge in [0.1, 0.15) is 6.54 Å². The molecule has 14 heavy (non-hydrogen) atoms. The molecule has 0 aromatic carbocycles. The molecule has 0 aliphatic carbocycles. The minimum atomic E-state index is -1.01. The Bertz CT molecular complexity index is 242. The van der Waals surface area contributed by atoms with Crippen LogP contribution in [0.4, 0.5) is 4.79 Å². The summed E-state index contributed by atoms with van der Waals surface area (Å²) in [6, 6.07) is 0. The molecule has 0 aromatic heterocycles. The molecule has 0 radical (unpaired) electrons. The molecule has 1 heterocycles. The van der Waals surface area contributed by atoms with E-state index in [1.807, 2.05) is 6.92 Å². The van der Waals surface area contributed by atoms with Crippen LogP contribution in [0.3, 0.4) is 0 Å². The van der Waals surface area contributed by atoms with Crippen LogP contribution in [0.25, 0.3) is 0 Å². The molecular weight excluding hydrogens is 184 g/mol. The Kier molecular flexibility index (Phi) is 3.33. The molecule has 0 bridgehead atoms. The number of rotatable bonds is 1. The van der Waals surface area contributed by atoms with Gasteiger partial charge in [-0.3, -0.25) is 9.69 Å². The van der Waals surface area contributed by atoms with Crippen molar-refractivity contribution in [2.75, 3.05) is 26.7 Å². The van der Waals surface area contributed by atoms with Gasteiger partial charge < -0.3 is 10.0 Å². The Balaban J connectivity index is 2.73. The topological polar surface area (TPSA) is 60.9 Å². The van der Waals surface area contributed by atoms with Crippen LogP contribution in [0.15, 0.2) is 0 Å². The minimum absolute atomic E-state index is 0.0116. The Hall–Kier alpha value is -1.26. The summed E-state index contributed by atoms with van der Waals surface area (Å²) in [5.41, 5.74) is 0. The molecule has 5 nitrogen and oxygen atoms in total. The highest BCUT2D eigenvalue weighted by Crippen LogP contribution is 2.12. The van der Waals surface area contributed by atoms with Crippen molar-refractivity contribution < 1.29 is 14.7 Å². The standard InChI is InChI=1S/C9H16N2O3/c1-3-7-4-10(2)8(12)6-11(5-7)9(13)14/h7H,3-6H2,1-2H3,(H,13,14). The lowest BCUT2D eigenvalue weighted by Gasteiger charge is -2.19. The molecule has 5 heteroatoms. The van der Waals surface area contributed by atoms with E-state index in [1.54, 1.807) is 11.9 Å². The first-order valence-electron chi connectivity index (χ1n) is 4.76. The maximum absolute atomic E-state index is 11.4. The molecule has 1 N–H and O–H groups in total. The molecule has 0 aromatic rings. The largest absolute Gasteiger partial charge is 0.465 e. The first-order valence-corrected chi connectivity index (χ1v) is 4.76. The van der Waals surface area contributed by atoms with E-state index in [2.05, 4.69) is 0 Å². The van der Waals surface area contributed by atoms with Gasteiger partial charge in [-0.05, 0) is 12.3 Å². The average Bonchev–Trinajstić information content (AvgIpc) is 2.27. The predicted molar refractivity (Wildman–Crippen MR) is 51.0 cm³/mol. The van der Waals surface area contributed by atoms with Gasteiger partial charge in [0.2, 0.25) is 5.91 Å². The van der Waals surface area contributed by atoms with Gasteiger partial charge in [-0.1, -0.05) is 6.92 Å². The maximum atomic E-state index is 11.4. The molecule has 1 saturated heterocycles. The first kappa shape index (κ1) is 10.8. The van der Waals surface area contributed by atoms with Crippen molar-refractivity contribution >= 4 is 12.0 Å². The van der Waals surface area contributed by atoms with Crippen LogP contribution < -0.4 is 0 Å². The van der Waals surface area contributed by atoms with Gasteiger partial charge in [0.15, 0.2) is 0 Å². The van der Waals surface area contributed by atoms with Crippen molar-refractivity contribution in [2.24, 2.45) is 5.92 Å². The predicted octanol–water partition coefficient (Wildman–Crippen LogP) is 0.465. The lowest BCUT2D eigenvalue weighted by atomic mass is 10.1. The summed E-state index contributed by atoms with van der Waals surface area (Å²) in [7, 11) is 1.72. The van der Waals surface area contributed by atoms with Crippen molar-refractivity contribution in [1.29, 1.82) is 0 Å². The maximum Gasteiger partial charge on any atom is 0.407 e. The van der Waals surface area contributed by atoms with Gasteiger partial charge in [-0.2, -0.15) is 0 Å². The number of carbonyl (C=O) groups excluding carboxylic acids is 1. The number of amides is 2. The lowest BCUT2D eigenvalue weighted by molar-refractivity contribution is -0.129. The van der Waals surface area contributed by atoms with Gasteiger partial charge in [0.25, 0.3) is 0 Å². The first-order chi connectivity index (χ1) is 6.54. The summed E-state index contributed by atoms with van der Waals surface area (Å²) >= 11 is 0. The van der Waals surface area contributed by atoms with Crippen molar-refractivity contribution in [3.05, 3.63) is 0 Å². The highest BCUT2D eigenvalue weighted by atomic mass is 16.4. The normalized spacial score (nSPS) is 23.6. The highest BCUT2D eigenvalue weighted by molar-refractivity contribution is 5.82. The van der Waals surface area contributed by atoms with Crippen LogP contribution in [0.2, 0.25) is 0 Å². The number of hydrogen-bond donors (Lipinski definition) is 1. The third-order valence-electron chi connectivity index (χ3n) is 2.61. The average molecular weight is 200 g/mol. The zero-order valence-corrected chi connectivity index (χ0v) is 8.56. The third kappa shape index (κ3) is 2.37. The van der Waals surface area contributed by atoms with Gasteiger partial charge in [-0.25, -0.2) is 4.79 Å². The molecule has 0 saturated carbocycles. The van der Waals surface area contributed by atoms with Crippen LogP contribution in [0, 0.1) is 5.92 Å². The van der Waals surface area contributed by atoms with Crippen LogP contribution in [0.5, 0.6) is 0 Å². The summed E-state index contributed by atoms with van der Waals surface area (Å²) in [6.07, 6.45) is -0.117. The number of carbonyl (C=O) groups is 2. The van der Waals surface area contributed by atoms with E-state index in [0.717, 1.165) is 6.42 Å². The van der Waals surface area contributed by atoms with Crippen LogP contribution in [-0.4, -0.2) is 53.6 Å². The smallest absolute Gasteiger partial charge is 0.407 e. The van der Waals surface area contributed by atoms with E-state index in [4.69, 9.17) is 5.11 Å². The highest BCUT2D eigenvalue weighted by Gasteiger charge is 2.27. The van der Waals surface area contributed by atoms with Crippen LogP contribution >= 0.6 is 0 Å². The van der Waals surface area contributed by atoms with E-state index in [1.165, 1.54) is 4.90 Å². The minimum Gasteiger partial charge on any atom is -0.465 e. The molecule has 1 unspecified atom stereocenters. The quantitative estimate of drug-likeness (QED) is 0.669. The summed E-state index contributed by atoms with van der Waals surface area (Å²) < 4.78 is 0. The van der Waals surface area contributed by atoms with Crippen LogP contribution in [0.1, 0.15) is 13.3 Å². The van der Waals surface area contributed by atoms with Gasteiger partial charge in [-0.15, -0.1) is 0 Å². The third-order valence-corrected chi connectivity index (χ3v) is 2.61. The van der Waals surface area contributed by atoms with E-state index in [-0.39, 0.29) is 18.4 Å². The zero-order valence-electron chi connectivity index (χ0n) is 8.56. The number of hydrogen-bond acceptors (Lipinski definition) is 2. The summed E-state index contributed by atoms with van der Waals surface area (Å²) in [5, 5.41) is 8.84. The van der Waals surface area contributed by atoms with Crippen molar-refractivity contribution in [3.8, 4) is 0 Å². The zero-order chi connectivity index (χ0) is 10.7. The van der Waals surface area contributed by atoms with Gasteiger partial charge >= 0.3 is 6.09 Å². The van der Waals surface area contributed by atoms with Gasteiger partial charge in [0.05, 0.1) is 0 Å². The Morgan fingerprint density at radius 1 is 1.57 bits per heavy atom. The van der Waals surface area contributed by atoms with Crippen molar-refractivity contribution in [2.45, 2.75) is 13.3 Å². The molecule has 2 amide bonds. The second-order valence-corrected chi connectivity index (χ2v) is 3.71. The SMILES string of the molecule is CCC1CN(C)C(=O)CN(C(=O)O)C1. The number of carboxylic acid groups (broad SMARTS) is 1. The van der Waals surface area contributed by atoms with Crippen LogP contribution in [-0.2, 0) is 4.79 Å².